The maximum absolute atomic E-state index is 10.8. The average molecular weight is 244 g/mol. The highest BCUT2D eigenvalue weighted by Gasteiger charge is 2.07. The fourth-order valence-corrected chi connectivity index (χ4v) is 1.49. The summed E-state index contributed by atoms with van der Waals surface area (Å²) in [5, 5.41) is 11.8. The molecule has 92 valence electrons. The molecule has 0 spiro atoms. The minimum Gasteiger partial charge on any atom is -0.476 e. The van der Waals surface area contributed by atoms with Gasteiger partial charge in [-0.05, 0) is 26.0 Å². The summed E-state index contributed by atoms with van der Waals surface area (Å²) in [5.74, 6) is -0.728. The molecule has 2 N–H and O–H groups in total. The molecule has 0 aliphatic carbocycles. The molecule has 6 nitrogen and oxygen atoms in total. The molecule has 0 saturated carbocycles. The fraction of sp³-hybridized carbons (Fsp3) is 0.167. The van der Waals surface area contributed by atoms with Gasteiger partial charge in [0.05, 0.1) is 23.8 Å². The van der Waals surface area contributed by atoms with Crippen LogP contribution in [0.4, 0.5) is 11.5 Å². The minimum atomic E-state index is -1.11. The van der Waals surface area contributed by atoms with Gasteiger partial charge in [0.2, 0.25) is 0 Å². The van der Waals surface area contributed by atoms with E-state index in [4.69, 9.17) is 5.11 Å². The topological polar surface area (TPSA) is 88.0 Å². The van der Waals surface area contributed by atoms with Crippen LogP contribution < -0.4 is 5.32 Å². The summed E-state index contributed by atoms with van der Waals surface area (Å²) in [7, 11) is 0. The second kappa shape index (κ2) is 4.79. The first-order chi connectivity index (χ1) is 8.56. The maximum Gasteiger partial charge on any atom is 0.356 e. The third kappa shape index (κ3) is 2.60. The number of rotatable bonds is 3. The van der Waals surface area contributed by atoms with E-state index in [1.54, 1.807) is 0 Å². The van der Waals surface area contributed by atoms with Crippen LogP contribution in [0.25, 0.3) is 0 Å². The van der Waals surface area contributed by atoms with Gasteiger partial charge in [0.1, 0.15) is 5.82 Å². The maximum atomic E-state index is 10.8. The Kier molecular flexibility index (Phi) is 3.18. The van der Waals surface area contributed by atoms with Crippen molar-refractivity contribution < 1.29 is 9.90 Å². The van der Waals surface area contributed by atoms with Crippen molar-refractivity contribution in [2.24, 2.45) is 0 Å². The number of carboxylic acids is 1. The number of anilines is 2. The Morgan fingerprint density at radius 3 is 2.67 bits per heavy atom. The molecule has 18 heavy (non-hydrogen) atoms. The Labute approximate surface area is 104 Å². The molecule has 6 heteroatoms. The zero-order chi connectivity index (χ0) is 13.1. The van der Waals surface area contributed by atoms with Crippen molar-refractivity contribution in [3.63, 3.8) is 0 Å². The highest BCUT2D eigenvalue weighted by molar-refractivity contribution is 5.85. The van der Waals surface area contributed by atoms with Crippen LogP contribution in [-0.4, -0.2) is 26.0 Å². The van der Waals surface area contributed by atoms with Gasteiger partial charge in [-0.1, -0.05) is 0 Å². The number of hydrogen-bond acceptors (Lipinski definition) is 5. The average Bonchev–Trinajstić information content (AvgIpc) is 2.33. The molecule has 0 bridgehead atoms. The number of aromatic carboxylic acids is 1. The SMILES string of the molecule is Cc1ccc(Nc2cncc(C(=O)O)n2)c(C)n1. The van der Waals surface area contributed by atoms with Crippen LogP contribution in [0.1, 0.15) is 21.9 Å². The zero-order valence-corrected chi connectivity index (χ0v) is 10.0. The van der Waals surface area contributed by atoms with E-state index in [0.717, 1.165) is 17.1 Å². The summed E-state index contributed by atoms with van der Waals surface area (Å²) in [6.45, 7) is 3.77. The van der Waals surface area contributed by atoms with E-state index in [-0.39, 0.29) is 5.69 Å². The molecular formula is C12H12N4O2. The smallest absolute Gasteiger partial charge is 0.356 e. The Bertz CT molecular complexity index is 598. The Morgan fingerprint density at radius 2 is 2.00 bits per heavy atom. The van der Waals surface area contributed by atoms with Gasteiger partial charge in [-0.25, -0.2) is 9.78 Å². The predicted octanol–water partition coefficient (Wildman–Crippen LogP) is 1.93. The molecule has 0 radical (unpaired) electrons. The summed E-state index contributed by atoms with van der Waals surface area (Å²) in [6.07, 6.45) is 2.67. The molecule has 2 rings (SSSR count). The lowest BCUT2D eigenvalue weighted by atomic mass is 10.3. The van der Waals surface area contributed by atoms with Crippen molar-refractivity contribution in [1.29, 1.82) is 0 Å². The van der Waals surface area contributed by atoms with Gasteiger partial charge >= 0.3 is 5.97 Å². The van der Waals surface area contributed by atoms with Gasteiger partial charge < -0.3 is 10.4 Å². The lowest BCUT2D eigenvalue weighted by Crippen LogP contribution is -2.05. The molecule has 2 heterocycles. The largest absolute Gasteiger partial charge is 0.476 e. The van der Waals surface area contributed by atoms with Crippen molar-refractivity contribution in [3.05, 3.63) is 41.6 Å². The first-order valence-electron chi connectivity index (χ1n) is 5.33. The molecule has 0 saturated heterocycles. The van der Waals surface area contributed by atoms with Crippen LogP contribution >= 0.6 is 0 Å². The molecular weight excluding hydrogens is 232 g/mol. The minimum absolute atomic E-state index is 0.0993. The van der Waals surface area contributed by atoms with Gasteiger partial charge in [0.25, 0.3) is 0 Å². The number of carbonyl (C=O) groups is 1. The van der Waals surface area contributed by atoms with E-state index in [0.29, 0.717) is 5.82 Å². The van der Waals surface area contributed by atoms with Crippen LogP contribution in [0.2, 0.25) is 0 Å². The first-order valence-corrected chi connectivity index (χ1v) is 5.33. The van der Waals surface area contributed by atoms with Crippen molar-refractivity contribution in [2.45, 2.75) is 13.8 Å². The second-order valence-electron chi connectivity index (χ2n) is 3.81. The zero-order valence-electron chi connectivity index (χ0n) is 10.0. The number of aromatic nitrogens is 3. The van der Waals surface area contributed by atoms with Crippen LogP contribution in [0.15, 0.2) is 24.5 Å². The van der Waals surface area contributed by atoms with Crippen LogP contribution in [0, 0.1) is 13.8 Å². The van der Waals surface area contributed by atoms with Gasteiger partial charge in [-0.2, -0.15) is 0 Å². The summed E-state index contributed by atoms with van der Waals surface area (Å²) in [6, 6.07) is 3.73. The normalized spacial score (nSPS) is 10.1. The van der Waals surface area contributed by atoms with Crippen molar-refractivity contribution >= 4 is 17.5 Å². The van der Waals surface area contributed by atoms with E-state index in [9.17, 15) is 4.79 Å². The van der Waals surface area contributed by atoms with E-state index < -0.39 is 5.97 Å². The Hall–Kier alpha value is -2.50. The number of carboxylic acid groups (broad SMARTS) is 1. The number of hydrogen-bond donors (Lipinski definition) is 2. The number of nitrogens with zero attached hydrogens (tertiary/aromatic N) is 3. The van der Waals surface area contributed by atoms with Crippen molar-refractivity contribution in [1.82, 2.24) is 15.0 Å². The van der Waals surface area contributed by atoms with E-state index in [1.807, 2.05) is 26.0 Å². The second-order valence-corrected chi connectivity index (χ2v) is 3.81. The first kappa shape index (κ1) is 12.0. The predicted molar refractivity (Wildman–Crippen MR) is 66.0 cm³/mol. The molecule has 0 unspecified atom stereocenters. The molecule has 0 atom stereocenters. The standard InChI is InChI=1S/C12H12N4O2/c1-7-3-4-9(8(2)14-7)15-11-6-13-5-10(16-11)12(17)18/h3-6H,1-2H3,(H,15,16)(H,17,18). The number of pyridine rings is 1. The van der Waals surface area contributed by atoms with Crippen LogP contribution in [0.5, 0.6) is 0 Å². The molecule has 0 aliphatic rings. The lowest BCUT2D eigenvalue weighted by molar-refractivity contribution is 0.0690. The third-order valence-electron chi connectivity index (χ3n) is 2.34. The highest BCUT2D eigenvalue weighted by atomic mass is 16.4. The quantitative estimate of drug-likeness (QED) is 0.857. The number of aryl methyl sites for hydroxylation is 2. The molecule has 0 aromatic carbocycles. The Morgan fingerprint density at radius 1 is 1.22 bits per heavy atom. The molecule has 0 amide bonds. The third-order valence-corrected chi connectivity index (χ3v) is 2.34. The summed E-state index contributed by atoms with van der Waals surface area (Å²) < 4.78 is 0. The van der Waals surface area contributed by atoms with E-state index in [1.165, 1.54) is 12.4 Å². The lowest BCUT2D eigenvalue weighted by Gasteiger charge is -2.08. The van der Waals surface area contributed by atoms with Crippen molar-refractivity contribution in [2.75, 3.05) is 5.32 Å². The van der Waals surface area contributed by atoms with Gasteiger partial charge in [-0.3, -0.25) is 9.97 Å². The highest BCUT2D eigenvalue weighted by Crippen LogP contribution is 2.17. The Balaban J connectivity index is 2.28. The monoisotopic (exact) mass is 244 g/mol. The van der Waals surface area contributed by atoms with Gasteiger partial charge in [0, 0.05) is 5.69 Å². The molecule has 0 aliphatic heterocycles. The summed E-state index contributed by atoms with van der Waals surface area (Å²) in [5.41, 5.74) is 2.41. The number of nitrogens with one attached hydrogen (secondary N) is 1. The van der Waals surface area contributed by atoms with Crippen LogP contribution in [-0.2, 0) is 0 Å². The molecule has 2 aromatic heterocycles. The van der Waals surface area contributed by atoms with Crippen molar-refractivity contribution in [3.8, 4) is 0 Å². The fourth-order valence-electron chi connectivity index (χ4n) is 1.49. The van der Waals surface area contributed by atoms with E-state index in [2.05, 4.69) is 20.3 Å². The molecule has 2 aromatic rings. The summed E-state index contributed by atoms with van der Waals surface area (Å²) >= 11 is 0. The molecule has 0 fully saturated rings. The summed E-state index contributed by atoms with van der Waals surface area (Å²) in [4.78, 5) is 22.8. The van der Waals surface area contributed by atoms with Crippen LogP contribution in [0.3, 0.4) is 0 Å². The van der Waals surface area contributed by atoms with Gasteiger partial charge in [-0.15, -0.1) is 0 Å². The van der Waals surface area contributed by atoms with Gasteiger partial charge in [0.15, 0.2) is 5.69 Å². The van der Waals surface area contributed by atoms with E-state index >= 15 is 0 Å².